The van der Waals surface area contributed by atoms with Crippen molar-refractivity contribution in [1.29, 1.82) is 0 Å². The third-order valence-electron chi connectivity index (χ3n) is 5.77. The lowest BCUT2D eigenvalue weighted by Crippen LogP contribution is -2.34. The molecule has 9 heteroatoms. The quantitative estimate of drug-likeness (QED) is 0.206. The first-order valence-corrected chi connectivity index (χ1v) is 12.6. The zero-order chi connectivity index (χ0) is 27.6. The molecule has 0 aliphatic carbocycles. The molecule has 202 valence electrons. The fraction of sp³-hybridized carbons (Fsp3) is 0.233. The standard InChI is InChI=1S/C30H31N3O6/c1-4-6-23-13-22(14-27(36-5-2)29(23)37-18-21-9-7-20(3)8-10-21)16-32-33-28(34)17-31-30(35)24-11-12-25-26(15-24)39-19-38-25/h4,7-16H,1,5-6,17-19H2,2-3H3,(H,31,35)(H,33,34). The van der Waals surface area contributed by atoms with Gasteiger partial charge in [0.25, 0.3) is 11.8 Å². The number of nitrogens with zero attached hydrogens (tertiary/aromatic N) is 1. The number of allylic oxidation sites excluding steroid dienone is 1. The summed E-state index contributed by atoms with van der Waals surface area (Å²) in [6.07, 6.45) is 3.86. The molecule has 0 spiro atoms. The van der Waals surface area contributed by atoms with Gasteiger partial charge in [-0.05, 0) is 61.7 Å². The molecule has 1 heterocycles. The van der Waals surface area contributed by atoms with Crippen LogP contribution in [0, 0.1) is 6.92 Å². The summed E-state index contributed by atoms with van der Waals surface area (Å²) in [6, 6.07) is 16.7. The average Bonchev–Trinajstić information content (AvgIpc) is 3.41. The molecule has 0 bridgehead atoms. The van der Waals surface area contributed by atoms with Crippen molar-refractivity contribution in [3.8, 4) is 23.0 Å². The summed E-state index contributed by atoms with van der Waals surface area (Å²) >= 11 is 0. The van der Waals surface area contributed by atoms with Crippen molar-refractivity contribution < 1.29 is 28.5 Å². The molecule has 4 rings (SSSR count). The van der Waals surface area contributed by atoms with Crippen LogP contribution in [0.1, 0.15) is 39.5 Å². The lowest BCUT2D eigenvalue weighted by Gasteiger charge is -2.17. The maximum absolute atomic E-state index is 12.4. The van der Waals surface area contributed by atoms with Crippen LogP contribution in [-0.2, 0) is 17.8 Å². The molecular formula is C30H31N3O6. The average molecular weight is 530 g/mol. The maximum atomic E-state index is 12.4. The SMILES string of the molecule is C=CCc1cc(C=NNC(=O)CNC(=O)c2ccc3c(c2)OCO3)cc(OCC)c1OCc1ccc(C)cc1. The van der Waals surface area contributed by atoms with Gasteiger partial charge >= 0.3 is 0 Å². The normalized spacial score (nSPS) is 11.7. The predicted octanol–water partition coefficient (Wildman–Crippen LogP) is 4.31. The highest BCUT2D eigenvalue weighted by molar-refractivity contribution is 5.97. The summed E-state index contributed by atoms with van der Waals surface area (Å²) in [6.45, 7) is 8.51. The minimum atomic E-state index is -0.477. The first-order chi connectivity index (χ1) is 19.0. The van der Waals surface area contributed by atoms with E-state index in [1.54, 1.807) is 30.3 Å². The summed E-state index contributed by atoms with van der Waals surface area (Å²) in [4.78, 5) is 24.6. The lowest BCUT2D eigenvalue weighted by molar-refractivity contribution is -0.120. The van der Waals surface area contributed by atoms with Gasteiger partial charge in [0.2, 0.25) is 6.79 Å². The van der Waals surface area contributed by atoms with Crippen LogP contribution >= 0.6 is 0 Å². The van der Waals surface area contributed by atoms with E-state index in [9.17, 15) is 9.59 Å². The van der Waals surface area contributed by atoms with Gasteiger partial charge in [0.15, 0.2) is 23.0 Å². The van der Waals surface area contributed by atoms with Gasteiger partial charge in [0.1, 0.15) is 6.61 Å². The Labute approximate surface area is 227 Å². The van der Waals surface area contributed by atoms with Crippen LogP contribution in [0.25, 0.3) is 0 Å². The van der Waals surface area contributed by atoms with Crippen LogP contribution in [0.4, 0.5) is 0 Å². The molecular weight excluding hydrogens is 498 g/mol. The number of carbonyl (C=O) groups excluding carboxylic acids is 2. The molecule has 1 aliphatic rings. The van der Waals surface area contributed by atoms with E-state index in [0.29, 0.717) is 53.8 Å². The number of hydrogen-bond donors (Lipinski definition) is 2. The molecule has 1 aliphatic heterocycles. The Hall–Kier alpha value is -4.79. The number of hydrazone groups is 1. The summed E-state index contributed by atoms with van der Waals surface area (Å²) in [5.41, 5.74) is 6.61. The van der Waals surface area contributed by atoms with E-state index in [4.69, 9.17) is 18.9 Å². The van der Waals surface area contributed by atoms with Crippen molar-refractivity contribution in [3.63, 3.8) is 0 Å². The van der Waals surface area contributed by atoms with Crippen LogP contribution in [0.3, 0.4) is 0 Å². The molecule has 0 radical (unpaired) electrons. The smallest absolute Gasteiger partial charge is 0.259 e. The maximum Gasteiger partial charge on any atom is 0.259 e. The second-order valence-corrected chi connectivity index (χ2v) is 8.75. The van der Waals surface area contributed by atoms with Crippen LogP contribution in [-0.4, -0.2) is 38.0 Å². The van der Waals surface area contributed by atoms with Gasteiger partial charge in [0.05, 0.1) is 19.4 Å². The first kappa shape index (κ1) is 27.3. The molecule has 3 aromatic rings. The van der Waals surface area contributed by atoms with Crippen LogP contribution < -0.4 is 29.7 Å². The Morgan fingerprint density at radius 3 is 2.62 bits per heavy atom. The van der Waals surface area contributed by atoms with E-state index in [0.717, 1.165) is 11.1 Å². The fourth-order valence-corrected chi connectivity index (χ4v) is 3.85. The largest absolute Gasteiger partial charge is 0.490 e. The van der Waals surface area contributed by atoms with E-state index < -0.39 is 11.8 Å². The summed E-state index contributed by atoms with van der Waals surface area (Å²) in [5, 5.41) is 6.60. The van der Waals surface area contributed by atoms with Gasteiger partial charge < -0.3 is 24.3 Å². The number of fused-ring (bicyclic) bond motifs is 1. The van der Waals surface area contributed by atoms with E-state index in [1.165, 1.54) is 11.8 Å². The molecule has 0 saturated heterocycles. The minimum absolute atomic E-state index is 0.116. The first-order valence-electron chi connectivity index (χ1n) is 12.6. The Morgan fingerprint density at radius 2 is 1.85 bits per heavy atom. The number of carbonyl (C=O) groups is 2. The zero-order valence-corrected chi connectivity index (χ0v) is 22.0. The summed E-state index contributed by atoms with van der Waals surface area (Å²) in [5.74, 6) is 1.40. The fourth-order valence-electron chi connectivity index (χ4n) is 3.85. The van der Waals surface area contributed by atoms with Gasteiger partial charge in [-0.15, -0.1) is 6.58 Å². The highest BCUT2D eigenvalue weighted by Gasteiger charge is 2.17. The molecule has 3 aromatic carbocycles. The summed E-state index contributed by atoms with van der Waals surface area (Å²) < 4.78 is 22.6. The third kappa shape index (κ3) is 7.38. The van der Waals surface area contributed by atoms with Crippen molar-refractivity contribution >= 4 is 18.0 Å². The molecule has 2 N–H and O–H groups in total. The van der Waals surface area contributed by atoms with E-state index in [-0.39, 0.29) is 13.3 Å². The Morgan fingerprint density at radius 1 is 1.05 bits per heavy atom. The molecule has 9 nitrogen and oxygen atoms in total. The second-order valence-electron chi connectivity index (χ2n) is 8.75. The highest BCUT2D eigenvalue weighted by Crippen LogP contribution is 2.34. The van der Waals surface area contributed by atoms with Crippen molar-refractivity contribution in [2.75, 3.05) is 19.9 Å². The number of benzene rings is 3. The minimum Gasteiger partial charge on any atom is -0.490 e. The lowest BCUT2D eigenvalue weighted by atomic mass is 10.1. The number of hydrogen-bond acceptors (Lipinski definition) is 7. The highest BCUT2D eigenvalue weighted by atomic mass is 16.7. The van der Waals surface area contributed by atoms with Gasteiger partial charge in [-0.2, -0.15) is 5.10 Å². The zero-order valence-electron chi connectivity index (χ0n) is 22.0. The third-order valence-corrected chi connectivity index (χ3v) is 5.77. The molecule has 0 aromatic heterocycles. The molecule has 0 unspecified atom stereocenters. The summed E-state index contributed by atoms with van der Waals surface area (Å²) in [7, 11) is 0. The predicted molar refractivity (Wildman–Crippen MR) is 148 cm³/mol. The van der Waals surface area contributed by atoms with Crippen molar-refractivity contribution in [3.05, 3.63) is 95.1 Å². The van der Waals surface area contributed by atoms with Crippen LogP contribution in [0.15, 0.2) is 72.4 Å². The topological polar surface area (TPSA) is 107 Å². The van der Waals surface area contributed by atoms with Crippen LogP contribution in [0.5, 0.6) is 23.0 Å². The molecule has 0 fully saturated rings. The van der Waals surface area contributed by atoms with Crippen molar-refractivity contribution in [1.82, 2.24) is 10.7 Å². The molecule has 39 heavy (non-hydrogen) atoms. The number of aryl methyl sites for hydroxylation is 1. The van der Waals surface area contributed by atoms with E-state index >= 15 is 0 Å². The number of amides is 2. The number of nitrogens with one attached hydrogen (secondary N) is 2. The van der Waals surface area contributed by atoms with E-state index in [2.05, 4.69) is 22.4 Å². The van der Waals surface area contributed by atoms with Crippen LogP contribution in [0.2, 0.25) is 0 Å². The van der Waals surface area contributed by atoms with Crippen molar-refractivity contribution in [2.24, 2.45) is 5.10 Å². The Bertz CT molecular complexity index is 1370. The Kier molecular flexibility index (Phi) is 9.18. The van der Waals surface area contributed by atoms with E-state index in [1.807, 2.05) is 44.2 Å². The molecule has 0 atom stereocenters. The second kappa shape index (κ2) is 13.1. The molecule has 0 saturated carbocycles. The van der Waals surface area contributed by atoms with Gasteiger partial charge in [-0.25, -0.2) is 5.43 Å². The number of rotatable bonds is 12. The van der Waals surface area contributed by atoms with Gasteiger partial charge in [-0.3, -0.25) is 9.59 Å². The number of ether oxygens (including phenoxy) is 4. The van der Waals surface area contributed by atoms with Gasteiger partial charge in [-0.1, -0.05) is 35.9 Å². The Balaban J connectivity index is 1.37. The van der Waals surface area contributed by atoms with Crippen molar-refractivity contribution in [2.45, 2.75) is 26.9 Å². The van der Waals surface area contributed by atoms with Gasteiger partial charge in [0, 0.05) is 11.1 Å². The molecule has 2 amide bonds. The monoisotopic (exact) mass is 529 g/mol.